The van der Waals surface area contributed by atoms with E-state index in [2.05, 4.69) is 41.1 Å². The smallest absolute Gasteiger partial charge is 0.110 e. The molecule has 3 nitrogen and oxygen atoms in total. The Hall–Kier alpha value is -0.160. The number of hydrogen-bond acceptors (Lipinski definition) is 4. The second-order valence-electron chi connectivity index (χ2n) is 5.57. The van der Waals surface area contributed by atoms with Gasteiger partial charge in [0.1, 0.15) is 5.01 Å². The first-order valence-corrected chi connectivity index (χ1v) is 9.05. The predicted molar refractivity (Wildman–Crippen MR) is 87.6 cm³/mol. The highest BCUT2D eigenvalue weighted by atomic mass is 35.5. The summed E-state index contributed by atoms with van der Waals surface area (Å²) >= 11 is 7.63. The summed E-state index contributed by atoms with van der Waals surface area (Å²) in [5.41, 5.74) is 1.01. The topological polar surface area (TPSA) is 19.4 Å². The molecule has 2 heterocycles. The minimum absolute atomic E-state index is 0.440. The van der Waals surface area contributed by atoms with Crippen LogP contribution in [0.3, 0.4) is 0 Å². The number of nitrogens with zero attached hydrogens (tertiary/aromatic N) is 3. The Labute approximate surface area is 131 Å². The van der Waals surface area contributed by atoms with E-state index in [9.17, 15) is 0 Å². The zero-order valence-corrected chi connectivity index (χ0v) is 14.4. The van der Waals surface area contributed by atoms with Gasteiger partial charge >= 0.3 is 0 Å². The Kier molecular flexibility index (Phi) is 6.27. The molecule has 1 unspecified atom stereocenters. The first kappa shape index (κ1) is 16.2. The predicted octanol–water partition coefficient (Wildman–Crippen LogP) is 3.75. The standard InChI is InChI=1S/C15H26ClN3S/c1-4-14(15-17-12(10-16)11-20-15)18(3)13-6-8-19(5-2)9-7-13/h11,13-14H,4-10H2,1-3H3. The van der Waals surface area contributed by atoms with Gasteiger partial charge in [0, 0.05) is 11.4 Å². The van der Waals surface area contributed by atoms with Crippen LogP contribution in [0.5, 0.6) is 0 Å². The molecule has 1 aromatic heterocycles. The molecular weight excluding hydrogens is 290 g/mol. The number of hydrogen-bond donors (Lipinski definition) is 0. The lowest BCUT2D eigenvalue weighted by Crippen LogP contribution is -2.44. The Bertz CT molecular complexity index is 402. The van der Waals surface area contributed by atoms with Crippen molar-refractivity contribution >= 4 is 22.9 Å². The zero-order chi connectivity index (χ0) is 14.5. The van der Waals surface area contributed by atoms with Crippen LogP contribution in [0.1, 0.15) is 49.9 Å². The lowest BCUT2D eigenvalue weighted by atomic mass is 10.0. The maximum atomic E-state index is 5.87. The molecule has 1 aliphatic rings. The van der Waals surface area contributed by atoms with Gasteiger partial charge in [0.15, 0.2) is 0 Å². The van der Waals surface area contributed by atoms with Crippen LogP contribution in [0, 0.1) is 0 Å². The van der Waals surface area contributed by atoms with Crippen molar-refractivity contribution in [2.45, 2.75) is 51.1 Å². The summed E-state index contributed by atoms with van der Waals surface area (Å²) in [6, 6.07) is 1.13. The number of thiazole rings is 1. The van der Waals surface area contributed by atoms with E-state index in [0.717, 1.165) is 12.1 Å². The second-order valence-corrected chi connectivity index (χ2v) is 6.72. The van der Waals surface area contributed by atoms with Crippen LogP contribution in [0.15, 0.2) is 5.38 Å². The Balaban J connectivity index is 2.00. The number of rotatable bonds is 6. The quantitative estimate of drug-likeness (QED) is 0.745. The third-order valence-electron chi connectivity index (χ3n) is 4.45. The van der Waals surface area contributed by atoms with Crippen molar-refractivity contribution < 1.29 is 0 Å². The number of aromatic nitrogens is 1. The van der Waals surface area contributed by atoms with E-state index in [0.29, 0.717) is 18.0 Å². The molecule has 0 aliphatic carbocycles. The van der Waals surface area contributed by atoms with Crippen molar-refractivity contribution in [2.24, 2.45) is 0 Å². The van der Waals surface area contributed by atoms with Gasteiger partial charge in [-0.1, -0.05) is 13.8 Å². The molecule has 0 N–H and O–H groups in total. The summed E-state index contributed by atoms with van der Waals surface area (Å²) in [6.07, 6.45) is 3.66. The summed E-state index contributed by atoms with van der Waals surface area (Å²) in [4.78, 5) is 9.77. The third kappa shape index (κ3) is 3.73. The van der Waals surface area contributed by atoms with Crippen molar-refractivity contribution in [1.82, 2.24) is 14.8 Å². The van der Waals surface area contributed by atoms with Gasteiger partial charge in [-0.3, -0.25) is 4.90 Å². The number of alkyl halides is 1. The van der Waals surface area contributed by atoms with Gasteiger partial charge < -0.3 is 4.90 Å². The molecule has 1 aliphatic heterocycles. The minimum atomic E-state index is 0.440. The first-order chi connectivity index (χ1) is 9.69. The van der Waals surface area contributed by atoms with Crippen LogP contribution >= 0.6 is 22.9 Å². The zero-order valence-electron chi connectivity index (χ0n) is 12.8. The molecule has 0 bridgehead atoms. The minimum Gasteiger partial charge on any atom is -0.303 e. The molecule has 0 spiro atoms. The summed E-state index contributed by atoms with van der Waals surface area (Å²) in [6.45, 7) is 8.14. The normalized spacial score (nSPS) is 19.6. The van der Waals surface area contributed by atoms with E-state index in [-0.39, 0.29) is 0 Å². The highest BCUT2D eigenvalue weighted by Crippen LogP contribution is 2.30. The molecule has 5 heteroatoms. The van der Waals surface area contributed by atoms with E-state index in [4.69, 9.17) is 11.6 Å². The molecule has 0 amide bonds. The van der Waals surface area contributed by atoms with E-state index >= 15 is 0 Å². The van der Waals surface area contributed by atoms with Gasteiger partial charge in [0.2, 0.25) is 0 Å². The molecule has 1 fully saturated rings. The fourth-order valence-corrected chi connectivity index (χ4v) is 4.35. The van der Waals surface area contributed by atoms with Gasteiger partial charge in [-0.2, -0.15) is 0 Å². The van der Waals surface area contributed by atoms with Crippen LogP contribution in [0.2, 0.25) is 0 Å². The van der Waals surface area contributed by atoms with Gasteiger partial charge in [-0.25, -0.2) is 4.98 Å². The maximum Gasteiger partial charge on any atom is 0.110 e. The molecular formula is C15H26ClN3S. The lowest BCUT2D eigenvalue weighted by molar-refractivity contribution is 0.0962. The Morgan fingerprint density at radius 2 is 2.15 bits per heavy atom. The summed E-state index contributed by atoms with van der Waals surface area (Å²) < 4.78 is 0. The van der Waals surface area contributed by atoms with Crippen LogP contribution in [-0.2, 0) is 5.88 Å². The van der Waals surface area contributed by atoms with E-state index in [1.165, 1.54) is 37.5 Å². The molecule has 2 rings (SSSR count). The van der Waals surface area contributed by atoms with Crippen molar-refractivity contribution in [3.05, 3.63) is 16.1 Å². The van der Waals surface area contributed by atoms with Crippen molar-refractivity contribution in [3.63, 3.8) is 0 Å². The molecule has 0 saturated carbocycles. The highest BCUT2D eigenvalue weighted by Gasteiger charge is 2.28. The third-order valence-corrected chi connectivity index (χ3v) is 5.72. The van der Waals surface area contributed by atoms with E-state index in [1.807, 2.05) is 0 Å². The number of likely N-dealkylation sites (tertiary alicyclic amines) is 1. The molecule has 114 valence electrons. The molecule has 0 radical (unpaired) electrons. The van der Waals surface area contributed by atoms with Crippen LogP contribution in [-0.4, -0.2) is 47.5 Å². The summed E-state index contributed by atoms with van der Waals surface area (Å²) in [5, 5.41) is 3.32. The maximum absolute atomic E-state index is 5.87. The van der Waals surface area contributed by atoms with Crippen molar-refractivity contribution in [2.75, 3.05) is 26.7 Å². The number of piperidine rings is 1. The van der Waals surface area contributed by atoms with Crippen LogP contribution in [0.25, 0.3) is 0 Å². The van der Waals surface area contributed by atoms with Gasteiger partial charge in [0.05, 0.1) is 17.6 Å². The molecule has 1 saturated heterocycles. The molecule has 20 heavy (non-hydrogen) atoms. The highest BCUT2D eigenvalue weighted by molar-refractivity contribution is 7.09. The first-order valence-electron chi connectivity index (χ1n) is 7.64. The van der Waals surface area contributed by atoms with Crippen molar-refractivity contribution in [3.8, 4) is 0 Å². The monoisotopic (exact) mass is 315 g/mol. The largest absolute Gasteiger partial charge is 0.303 e. The Morgan fingerprint density at radius 3 is 2.65 bits per heavy atom. The lowest BCUT2D eigenvalue weighted by Gasteiger charge is -2.39. The van der Waals surface area contributed by atoms with E-state index in [1.54, 1.807) is 11.3 Å². The van der Waals surface area contributed by atoms with Crippen LogP contribution in [0.4, 0.5) is 0 Å². The van der Waals surface area contributed by atoms with Crippen molar-refractivity contribution in [1.29, 1.82) is 0 Å². The fraction of sp³-hybridized carbons (Fsp3) is 0.800. The average molecular weight is 316 g/mol. The molecule has 1 aromatic rings. The van der Waals surface area contributed by atoms with Gasteiger partial charge in [-0.15, -0.1) is 22.9 Å². The molecule has 0 aromatic carbocycles. The molecule has 1 atom stereocenters. The number of halogens is 1. The fourth-order valence-electron chi connectivity index (χ4n) is 3.07. The summed E-state index contributed by atoms with van der Waals surface area (Å²) in [7, 11) is 2.27. The van der Waals surface area contributed by atoms with E-state index < -0.39 is 0 Å². The SMILES string of the molecule is CCC(c1nc(CCl)cs1)N(C)C1CCN(CC)CC1. The van der Waals surface area contributed by atoms with Crippen LogP contribution < -0.4 is 0 Å². The second kappa shape index (κ2) is 7.74. The average Bonchev–Trinajstić information content (AvgIpc) is 2.96. The summed E-state index contributed by atoms with van der Waals surface area (Å²) in [5.74, 6) is 0.519. The van der Waals surface area contributed by atoms with Gasteiger partial charge in [-0.05, 0) is 45.9 Å². The van der Waals surface area contributed by atoms with Gasteiger partial charge in [0.25, 0.3) is 0 Å². The Morgan fingerprint density at radius 1 is 1.45 bits per heavy atom.